The van der Waals surface area contributed by atoms with Gasteiger partial charge in [-0.1, -0.05) is 6.42 Å². The topological polar surface area (TPSA) is 64.0 Å². The number of nitrogens with zero attached hydrogens (tertiary/aromatic N) is 2. The largest absolute Gasteiger partial charge is 0.263 e. The van der Waals surface area contributed by atoms with Gasteiger partial charge in [-0.15, -0.1) is 0 Å². The van der Waals surface area contributed by atoms with Crippen molar-refractivity contribution in [2.45, 2.75) is 82.0 Å². The zero-order valence-corrected chi connectivity index (χ0v) is 16.6. The summed E-state index contributed by atoms with van der Waals surface area (Å²) in [6.45, 7) is 9.70. The van der Waals surface area contributed by atoms with Gasteiger partial charge in [0.15, 0.2) is 0 Å². The monoisotopic (exact) mass is 359 g/mol. The third-order valence-electron chi connectivity index (χ3n) is 4.41. The van der Waals surface area contributed by atoms with Gasteiger partial charge in [0.2, 0.25) is 10.0 Å². The molecule has 1 aliphatic carbocycles. The number of sulfonamides is 1. The molecule has 0 spiro atoms. The second-order valence-corrected chi connectivity index (χ2v) is 10.2. The molecule has 2 rings (SSSR count). The van der Waals surface area contributed by atoms with Crippen LogP contribution in [0.1, 0.15) is 57.8 Å². The van der Waals surface area contributed by atoms with Crippen LogP contribution >= 0.6 is 11.8 Å². The summed E-state index contributed by atoms with van der Waals surface area (Å²) in [4.78, 5) is 0.346. The third kappa shape index (κ3) is 4.12. The van der Waals surface area contributed by atoms with E-state index in [-0.39, 0.29) is 11.6 Å². The Morgan fingerprint density at radius 3 is 2.43 bits per heavy atom. The Labute approximate surface area is 144 Å². The minimum Gasteiger partial charge on any atom is -0.263 e. The smallest absolute Gasteiger partial charge is 0.244 e. The molecule has 1 aliphatic rings. The van der Waals surface area contributed by atoms with Crippen LogP contribution in [0.3, 0.4) is 0 Å². The quantitative estimate of drug-likeness (QED) is 0.896. The van der Waals surface area contributed by atoms with E-state index in [2.05, 4.69) is 16.1 Å². The predicted molar refractivity (Wildman–Crippen MR) is 96.6 cm³/mol. The fourth-order valence-electron chi connectivity index (χ4n) is 3.41. The Morgan fingerprint density at radius 2 is 1.91 bits per heavy atom. The fourth-order valence-corrected chi connectivity index (χ4v) is 5.92. The van der Waals surface area contributed by atoms with Crippen LogP contribution in [0.4, 0.5) is 0 Å². The fraction of sp³-hybridized carbons (Fsp3) is 0.812. The first-order chi connectivity index (χ1) is 10.6. The highest BCUT2D eigenvalue weighted by Gasteiger charge is 2.31. The van der Waals surface area contributed by atoms with Crippen molar-refractivity contribution in [3.63, 3.8) is 0 Å². The van der Waals surface area contributed by atoms with Crippen LogP contribution in [-0.4, -0.2) is 35.7 Å². The van der Waals surface area contributed by atoms with Gasteiger partial charge < -0.3 is 0 Å². The Kier molecular flexibility index (Phi) is 5.53. The third-order valence-corrected chi connectivity index (χ3v) is 7.28. The highest BCUT2D eigenvalue weighted by molar-refractivity contribution is 7.99. The molecule has 2 atom stereocenters. The molecule has 1 saturated carbocycles. The molecule has 132 valence electrons. The maximum atomic E-state index is 12.9. The predicted octanol–water partition coefficient (Wildman–Crippen LogP) is 3.21. The van der Waals surface area contributed by atoms with Crippen molar-refractivity contribution in [2.24, 2.45) is 0 Å². The van der Waals surface area contributed by atoms with E-state index in [4.69, 9.17) is 0 Å². The number of aryl methyl sites for hydroxylation is 1. The molecule has 1 heterocycles. The molecule has 0 aliphatic heterocycles. The van der Waals surface area contributed by atoms with Gasteiger partial charge in [-0.3, -0.25) is 4.68 Å². The number of nitrogens with one attached hydrogen (secondary N) is 1. The van der Waals surface area contributed by atoms with Crippen LogP contribution < -0.4 is 4.72 Å². The first-order valence-electron chi connectivity index (χ1n) is 8.18. The van der Waals surface area contributed by atoms with E-state index < -0.39 is 10.0 Å². The Hall–Kier alpha value is -0.530. The highest BCUT2D eigenvalue weighted by Crippen LogP contribution is 2.29. The molecule has 1 fully saturated rings. The molecule has 1 aromatic heterocycles. The van der Waals surface area contributed by atoms with Crippen molar-refractivity contribution in [1.29, 1.82) is 0 Å². The minimum atomic E-state index is -3.53. The van der Waals surface area contributed by atoms with E-state index in [0.29, 0.717) is 21.5 Å². The lowest BCUT2D eigenvalue weighted by atomic mass is 9.96. The van der Waals surface area contributed by atoms with Crippen molar-refractivity contribution in [1.82, 2.24) is 14.5 Å². The average molecular weight is 360 g/mol. The zero-order valence-electron chi connectivity index (χ0n) is 15.0. The van der Waals surface area contributed by atoms with Crippen LogP contribution in [0.15, 0.2) is 4.90 Å². The van der Waals surface area contributed by atoms with Gasteiger partial charge in [0.1, 0.15) is 4.90 Å². The molecule has 1 aromatic rings. The lowest BCUT2D eigenvalue weighted by molar-refractivity contribution is 0.345. The summed E-state index contributed by atoms with van der Waals surface area (Å²) in [6.07, 6.45) is 6.19. The molecule has 0 saturated heterocycles. The number of hydrogen-bond acceptors (Lipinski definition) is 4. The van der Waals surface area contributed by atoms with Crippen molar-refractivity contribution in [2.75, 3.05) is 6.26 Å². The maximum absolute atomic E-state index is 12.9. The van der Waals surface area contributed by atoms with Gasteiger partial charge in [-0.25, -0.2) is 13.1 Å². The van der Waals surface area contributed by atoms with Crippen molar-refractivity contribution in [3.05, 3.63) is 11.4 Å². The molecule has 0 bridgehead atoms. The molecular formula is C16H29N3O2S2. The van der Waals surface area contributed by atoms with Crippen LogP contribution in [0.2, 0.25) is 0 Å². The molecule has 7 heteroatoms. The van der Waals surface area contributed by atoms with Gasteiger partial charge in [-0.05, 0) is 60.1 Å². The molecule has 1 N–H and O–H groups in total. The van der Waals surface area contributed by atoms with E-state index >= 15 is 0 Å². The lowest BCUT2D eigenvalue weighted by Crippen LogP contribution is -2.39. The summed E-state index contributed by atoms with van der Waals surface area (Å²) in [7, 11) is -3.53. The van der Waals surface area contributed by atoms with Gasteiger partial charge in [0, 0.05) is 11.3 Å². The minimum absolute atomic E-state index is 0.0305. The molecule has 5 nitrogen and oxygen atoms in total. The van der Waals surface area contributed by atoms with E-state index in [1.54, 1.807) is 6.92 Å². The maximum Gasteiger partial charge on any atom is 0.244 e. The van der Waals surface area contributed by atoms with Crippen LogP contribution in [-0.2, 0) is 15.6 Å². The molecule has 0 radical (unpaired) electrons. The Morgan fingerprint density at radius 1 is 1.26 bits per heavy atom. The summed E-state index contributed by atoms with van der Waals surface area (Å²) in [5, 5.41) is 5.02. The Balaban J connectivity index is 2.28. The van der Waals surface area contributed by atoms with Gasteiger partial charge >= 0.3 is 0 Å². The SMILES string of the molecule is CS[C@H]1CCC[C@@H](NS(=O)(=O)c2c(C)nn(C(C)(C)C)c2C)C1. The van der Waals surface area contributed by atoms with E-state index in [1.165, 1.54) is 6.42 Å². The molecular weight excluding hydrogens is 330 g/mol. The molecule has 23 heavy (non-hydrogen) atoms. The van der Waals surface area contributed by atoms with E-state index in [1.807, 2.05) is 44.1 Å². The van der Waals surface area contributed by atoms with Gasteiger partial charge in [-0.2, -0.15) is 16.9 Å². The first kappa shape index (κ1) is 18.8. The van der Waals surface area contributed by atoms with Crippen molar-refractivity contribution in [3.8, 4) is 0 Å². The number of rotatable bonds is 4. The molecule has 0 aromatic carbocycles. The number of thioether (sulfide) groups is 1. The summed E-state index contributed by atoms with van der Waals surface area (Å²) < 4.78 is 30.5. The van der Waals surface area contributed by atoms with Gasteiger partial charge in [0.25, 0.3) is 0 Å². The van der Waals surface area contributed by atoms with Crippen LogP contribution in [0.25, 0.3) is 0 Å². The summed E-state index contributed by atoms with van der Waals surface area (Å²) in [5.41, 5.74) is 1.04. The summed E-state index contributed by atoms with van der Waals surface area (Å²) in [5.74, 6) is 0. The summed E-state index contributed by atoms with van der Waals surface area (Å²) in [6, 6.07) is 0.0305. The zero-order chi connectivity index (χ0) is 17.4. The highest BCUT2D eigenvalue weighted by atomic mass is 32.2. The second kappa shape index (κ2) is 6.76. The average Bonchev–Trinajstić information content (AvgIpc) is 2.74. The lowest BCUT2D eigenvalue weighted by Gasteiger charge is -2.28. The Bertz CT molecular complexity index is 660. The van der Waals surface area contributed by atoms with E-state index in [9.17, 15) is 8.42 Å². The first-order valence-corrected chi connectivity index (χ1v) is 10.9. The van der Waals surface area contributed by atoms with Crippen molar-refractivity contribution >= 4 is 21.8 Å². The molecule has 0 amide bonds. The van der Waals surface area contributed by atoms with Crippen LogP contribution in [0.5, 0.6) is 0 Å². The van der Waals surface area contributed by atoms with Gasteiger partial charge in [0.05, 0.1) is 16.9 Å². The molecule has 0 unspecified atom stereocenters. The summed E-state index contributed by atoms with van der Waals surface area (Å²) >= 11 is 1.83. The normalized spacial score (nSPS) is 23.2. The van der Waals surface area contributed by atoms with Crippen molar-refractivity contribution < 1.29 is 8.42 Å². The standard InChI is InChI=1S/C16H29N3O2S2/c1-11-15(12(2)19(17-11)16(3,4)5)23(20,21)18-13-8-7-9-14(10-13)22-6/h13-14,18H,7-10H2,1-6H3/t13-,14+/m1/s1. The number of aromatic nitrogens is 2. The second-order valence-electron chi connectivity index (χ2n) is 7.43. The van der Waals surface area contributed by atoms with E-state index in [0.717, 1.165) is 19.3 Å². The van der Waals surface area contributed by atoms with Crippen LogP contribution in [0, 0.1) is 13.8 Å². The number of hydrogen-bond donors (Lipinski definition) is 1.